The quantitative estimate of drug-likeness (QED) is 0.342. The Bertz CT molecular complexity index is 222. The maximum Gasteiger partial charge on any atom is 0.316 e. The Balaban J connectivity index is 2.34. The van der Waals surface area contributed by atoms with Gasteiger partial charge in [-0.15, -0.1) is 0 Å². The zero-order chi connectivity index (χ0) is 8.01. The molecule has 1 aliphatic carbocycles. The van der Waals surface area contributed by atoms with Crippen LogP contribution in [0.5, 0.6) is 0 Å². The number of fused-ring (bicyclic) bond motifs is 2. The Labute approximate surface area is 63.1 Å². The maximum absolute atomic E-state index is 10.9. The van der Waals surface area contributed by atoms with Crippen LogP contribution in [0.25, 0.3) is 0 Å². The average molecular weight is 156 g/mol. The van der Waals surface area contributed by atoms with Crippen LogP contribution in [0.1, 0.15) is 0 Å². The average Bonchev–Trinajstić information content (AvgIpc) is 1.99. The van der Waals surface area contributed by atoms with Gasteiger partial charge in [-0.25, -0.2) is 0 Å². The molecule has 1 fully saturated rings. The monoisotopic (exact) mass is 156 g/mol. The summed E-state index contributed by atoms with van der Waals surface area (Å²) >= 11 is 0. The molecule has 0 aromatic carbocycles. The third-order valence-corrected chi connectivity index (χ3v) is 2.09. The molecule has 4 nitrogen and oxygen atoms in total. The first kappa shape index (κ1) is 6.82. The molecular weight excluding hydrogens is 148 g/mol. The lowest BCUT2D eigenvalue weighted by molar-refractivity contribution is -0.183. The van der Waals surface area contributed by atoms with Crippen molar-refractivity contribution in [3.63, 3.8) is 0 Å². The summed E-state index contributed by atoms with van der Waals surface area (Å²) in [7, 11) is 0. The van der Waals surface area contributed by atoms with Crippen LogP contribution in [0.4, 0.5) is 0 Å². The predicted molar refractivity (Wildman–Crippen MR) is 34.5 cm³/mol. The Hall–Kier alpha value is -0.870. The number of esters is 1. The van der Waals surface area contributed by atoms with Crippen LogP contribution in [0.15, 0.2) is 12.2 Å². The summed E-state index contributed by atoms with van der Waals surface area (Å²) in [5.74, 6) is -1.12. The fourth-order valence-electron chi connectivity index (χ4n) is 1.40. The molecule has 11 heavy (non-hydrogen) atoms. The van der Waals surface area contributed by atoms with Crippen LogP contribution in [-0.4, -0.2) is 34.5 Å². The van der Waals surface area contributed by atoms with Gasteiger partial charge in [-0.05, 0) is 6.08 Å². The van der Waals surface area contributed by atoms with Gasteiger partial charge in [0.15, 0.2) is 0 Å². The molecule has 60 valence electrons. The second-order valence-corrected chi connectivity index (χ2v) is 2.79. The third kappa shape index (κ3) is 0.797. The number of aliphatic hydroxyl groups excluding tert-OH is 2. The first-order valence-corrected chi connectivity index (χ1v) is 3.45. The highest BCUT2D eigenvalue weighted by atomic mass is 16.6. The first-order valence-electron chi connectivity index (χ1n) is 3.45. The van der Waals surface area contributed by atoms with Gasteiger partial charge in [0.1, 0.15) is 24.2 Å². The molecule has 4 atom stereocenters. The molecule has 0 aromatic heterocycles. The zero-order valence-corrected chi connectivity index (χ0v) is 5.68. The SMILES string of the molecule is O=C1OC2C=CC1C(O)C2O. The number of hydrogen-bond donors (Lipinski definition) is 2. The van der Waals surface area contributed by atoms with Crippen molar-refractivity contribution >= 4 is 5.97 Å². The minimum atomic E-state index is -0.994. The summed E-state index contributed by atoms with van der Waals surface area (Å²) in [6.45, 7) is 0. The molecular formula is C7H8O4. The number of rotatable bonds is 0. The van der Waals surface area contributed by atoms with E-state index in [9.17, 15) is 15.0 Å². The van der Waals surface area contributed by atoms with E-state index in [2.05, 4.69) is 0 Å². The van der Waals surface area contributed by atoms with E-state index in [1.54, 1.807) is 12.2 Å². The van der Waals surface area contributed by atoms with Gasteiger partial charge in [0.05, 0.1) is 0 Å². The minimum Gasteiger partial charge on any atom is -0.455 e. The molecule has 2 N–H and O–H groups in total. The van der Waals surface area contributed by atoms with Crippen LogP contribution >= 0.6 is 0 Å². The van der Waals surface area contributed by atoms with Crippen LogP contribution in [0, 0.1) is 5.92 Å². The zero-order valence-electron chi connectivity index (χ0n) is 5.68. The van der Waals surface area contributed by atoms with Crippen molar-refractivity contribution in [3.05, 3.63) is 12.2 Å². The molecule has 2 aliphatic heterocycles. The van der Waals surface area contributed by atoms with Gasteiger partial charge in [-0.1, -0.05) is 6.08 Å². The summed E-state index contributed by atoms with van der Waals surface area (Å²) in [6, 6.07) is 0. The largest absolute Gasteiger partial charge is 0.455 e. The van der Waals surface area contributed by atoms with E-state index in [-0.39, 0.29) is 0 Å². The standard InChI is InChI=1S/C7H8O4/c8-5-3-1-2-4(6(5)9)11-7(3)10/h1-6,8-9H. The van der Waals surface area contributed by atoms with E-state index in [0.29, 0.717) is 0 Å². The van der Waals surface area contributed by atoms with Gasteiger partial charge < -0.3 is 14.9 Å². The molecule has 3 rings (SSSR count). The molecule has 0 saturated carbocycles. The molecule has 4 unspecified atom stereocenters. The summed E-state index contributed by atoms with van der Waals surface area (Å²) in [4.78, 5) is 10.9. The molecule has 0 amide bonds. The summed E-state index contributed by atoms with van der Waals surface area (Å²) < 4.78 is 4.73. The fourth-order valence-corrected chi connectivity index (χ4v) is 1.40. The highest BCUT2D eigenvalue weighted by Crippen LogP contribution is 2.28. The van der Waals surface area contributed by atoms with Crippen LogP contribution in [0.2, 0.25) is 0 Å². The first-order chi connectivity index (χ1) is 5.20. The molecule has 1 saturated heterocycles. The molecule has 0 spiro atoms. The molecule has 2 bridgehead atoms. The molecule has 4 heteroatoms. The van der Waals surface area contributed by atoms with E-state index >= 15 is 0 Å². The number of ether oxygens (including phenoxy) is 1. The van der Waals surface area contributed by atoms with E-state index in [0.717, 1.165) is 0 Å². The van der Waals surface area contributed by atoms with Crippen molar-refractivity contribution in [3.8, 4) is 0 Å². The van der Waals surface area contributed by atoms with Gasteiger partial charge in [-0.3, -0.25) is 4.79 Å². The van der Waals surface area contributed by atoms with Gasteiger partial charge in [0.2, 0.25) is 0 Å². The smallest absolute Gasteiger partial charge is 0.316 e. The van der Waals surface area contributed by atoms with Crippen molar-refractivity contribution in [2.24, 2.45) is 5.92 Å². The molecule has 2 heterocycles. The fraction of sp³-hybridized carbons (Fsp3) is 0.571. The lowest BCUT2D eigenvalue weighted by Gasteiger charge is -2.37. The van der Waals surface area contributed by atoms with Crippen LogP contribution in [0.3, 0.4) is 0 Å². The molecule has 0 radical (unpaired) electrons. The van der Waals surface area contributed by atoms with Crippen molar-refractivity contribution in [2.45, 2.75) is 18.3 Å². The van der Waals surface area contributed by atoms with E-state index < -0.39 is 30.2 Å². The highest BCUT2D eigenvalue weighted by molar-refractivity contribution is 5.78. The van der Waals surface area contributed by atoms with Crippen molar-refractivity contribution < 1.29 is 19.7 Å². The van der Waals surface area contributed by atoms with E-state index in [1.165, 1.54) is 0 Å². The Morgan fingerprint density at radius 1 is 1.27 bits per heavy atom. The van der Waals surface area contributed by atoms with Crippen LogP contribution in [-0.2, 0) is 9.53 Å². The minimum absolute atomic E-state index is 0.449. The number of hydrogen-bond acceptors (Lipinski definition) is 4. The van der Waals surface area contributed by atoms with Crippen molar-refractivity contribution in [1.82, 2.24) is 0 Å². The van der Waals surface area contributed by atoms with E-state index in [4.69, 9.17) is 4.74 Å². The summed E-state index contributed by atoms with van der Waals surface area (Å²) in [5, 5.41) is 18.4. The third-order valence-electron chi connectivity index (χ3n) is 2.09. The Kier molecular flexibility index (Phi) is 1.27. The van der Waals surface area contributed by atoms with E-state index in [1.807, 2.05) is 0 Å². The topological polar surface area (TPSA) is 66.8 Å². The highest BCUT2D eigenvalue weighted by Gasteiger charge is 2.45. The number of carbonyl (C=O) groups is 1. The number of carbonyl (C=O) groups excluding carboxylic acids is 1. The Morgan fingerprint density at radius 3 is 2.45 bits per heavy atom. The lowest BCUT2D eigenvalue weighted by Crippen LogP contribution is -2.54. The predicted octanol–water partition coefficient (Wildman–Crippen LogP) is -1.18. The van der Waals surface area contributed by atoms with Gasteiger partial charge in [0.25, 0.3) is 0 Å². The molecule has 3 aliphatic rings. The summed E-state index contributed by atoms with van der Waals surface area (Å²) in [6.07, 6.45) is 0.577. The second-order valence-electron chi connectivity index (χ2n) is 2.79. The second kappa shape index (κ2) is 2.06. The molecule has 0 aromatic rings. The van der Waals surface area contributed by atoms with Crippen molar-refractivity contribution in [1.29, 1.82) is 0 Å². The lowest BCUT2D eigenvalue weighted by atomic mass is 9.86. The van der Waals surface area contributed by atoms with Crippen LogP contribution < -0.4 is 0 Å². The summed E-state index contributed by atoms with van der Waals surface area (Å²) in [5.41, 5.74) is 0. The van der Waals surface area contributed by atoms with Gasteiger partial charge >= 0.3 is 5.97 Å². The number of aliphatic hydroxyl groups is 2. The van der Waals surface area contributed by atoms with Crippen molar-refractivity contribution in [2.75, 3.05) is 0 Å². The normalized spacial score (nSPS) is 47.6. The van der Waals surface area contributed by atoms with Gasteiger partial charge in [-0.2, -0.15) is 0 Å². The maximum atomic E-state index is 10.9. The van der Waals surface area contributed by atoms with Gasteiger partial charge in [0, 0.05) is 0 Å². The Morgan fingerprint density at radius 2 is 2.00 bits per heavy atom.